The lowest BCUT2D eigenvalue weighted by Crippen LogP contribution is -2.06. The molecule has 0 spiro atoms. The van der Waals surface area contributed by atoms with E-state index in [0.717, 1.165) is 38.5 Å². The fraction of sp³-hybridized carbons (Fsp3) is 0.647. The van der Waals surface area contributed by atoms with Crippen molar-refractivity contribution in [2.24, 2.45) is 5.92 Å². The van der Waals surface area contributed by atoms with Gasteiger partial charge in [-0.2, -0.15) is 0 Å². The van der Waals surface area contributed by atoms with E-state index in [9.17, 15) is 5.11 Å². The summed E-state index contributed by atoms with van der Waals surface area (Å²) in [7, 11) is 0. The van der Waals surface area contributed by atoms with Crippen molar-refractivity contribution in [3.63, 3.8) is 0 Å². The first-order valence-corrected chi connectivity index (χ1v) is 7.38. The van der Waals surface area contributed by atoms with Crippen molar-refractivity contribution < 1.29 is 5.11 Å². The SMILES string of the molecule is CCCC(O)CCCc1ccccc1CC(C)C. The van der Waals surface area contributed by atoms with Crippen LogP contribution in [0.25, 0.3) is 0 Å². The minimum atomic E-state index is -0.104. The Hall–Kier alpha value is -0.820. The van der Waals surface area contributed by atoms with Crippen molar-refractivity contribution in [2.45, 2.75) is 65.4 Å². The summed E-state index contributed by atoms with van der Waals surface area (Å²) in [5.41, 5.74) is 2.95. The third-order valence-electron chi connectivity index (χ3n) is 3.35. The van der Waals surface area contributed by atoms with Gasteiger partial charge in [0.15, 0.2) is 0 Å². The first-order valence-electron chi connectivity index (χ1n) is 7.38. The maximum Gasteiger partial charge on any atom is 0.0540 e. The Labute approximate surface area is 112 Å². The van der Waals surface area contributed by atoms with E-state index in [2.05, 4.69) is 45.0 Å². The predicted octanol–water partition coefficient (Wildman–Crippen LogP) is 4.37. The molecule has 0 aliphatic heterocycles. The molecule has 0 aromatic heterocycles. The minimum absolute atomic E-state index is 0.104. The van der Waals surface area contributed by atoms with Crippen molar-refractivity contribution in [1.82, 2.24) is 0 Å². The van der Waals surface area contributed by atoms with Gasteiger partial charge in [0, 0.05) is 0 Å². The van der Waals surface area contributed by atoms with E-state index in [1.807, 2.05) is 0 Å². The first kappa shape index (κ1) is 15.2. The first-order chi connectivity index (χ1) is 8.63. The Morgan fingerprint density at radius 2 is 1.72 bits per heavy atom. The van der Waals surface area contributed by atoms with E-state index in [-0.39, 0.29) is 6.10 Å². The number of hydrogen-bond donors (Lipinski definition) is 1. The van der Waals surface area contributed by atoms with Crippen LogP contribution in [0, 0.1) is 5.92 Å². The van der Waals surface area contributed by atoms with Gasteiger partial charge < -0.3 is 5.11 Å². The number of hydrogen-bond acceptors (Lipinski definition) is 1. The molecule has 0 aliphatic rings. The highest BCUT2D eigenvalue weighted by molar-refractivity contribution is 5.27. The molecule has 1 nitrogen and oxygen atoms in total. The van der Waals surface area contributed by atoms with Crippen LogP contribution in [0.2, 0.25) is 0 Å². The molecule has 0 bridgehead atoms. The zero-order chi connectivity index (χ0) is 13.4. The maximum atomic E-state index is 9.74. The molecule has 1 rings (SSSR count). The fourth-order valence-corrected chi connectivity index (χ4v) is 2.45. The molecule has 102 valence electrons. The summed E-state index contributed by atoms with van der Waals surface area (Å²) < 4.78 is 0. The second-order valence-electron chi connectivity index (χ2n) is 5.70. The van der Waals surface area contributed by atoms with Crippen molar-refractivity contribution in [3.05, 3.63) is 35.4 Å². The van der Waals surface area contributed by atoms with Crippen LogP contribution in [0.5, 0.6) is 0 Å². The van der Waals surface area contributed by atoms with E-state index >= 15 is 0 Å². The third-order valence-corrected chi connectivity index (χ3v) is 3.35. The maximum absolute atomic E-state index is 9.74. The van der Waals surface area contributed by atoms with Crippen LogP contribution in [0.15, 0.2) is 24.3 Å². The molecule has 1 atom stereocenters. The second-order valence-corrected chi connectivity index (χ2v) is 5.70. The molecule has 0 radical (unpaired) electrons. The number of benzene rings is 1. The van der Waals surface area contributed by atoms with Gasteiger partial charge in [0.1, 0.15) is 0 Å². The average Bonchev–Trinajstić information content (AvgIpc) is 2.31. The molecule has 0 aliphatic carbocycles. The largest absolute Gasteiger partial charge is 0.393 e. The molecule has 0 fully saturated rings. The molecule has 1 unspecified atom stereocenters. The highest BCUT2D eigenvalue weighted by Gasteiger charge is 2.06. The molecule has 1 N–H and O–H groups in total. The fourth-order valence-electron chi connectivity index (χ4n) is 2.45. The summed E-state index contributed by atoms with van der Waals surface area (Å²) in [5, 5.41) is 9.74. The van der Waals surface area contributed by atoms with E-state index in [1.54, 1.807) is 0 Å². The van der Waals surface area contributed by atoms with E-state index < -0.39 is 0 Å². The lowest BCUT2D eigenvalue weighted by molar-refractivity contribution is 0.151. The molecule has 1 heteroatoms. The minimum Gasteiger partial charge on any atom is -0.393 e. The van der Waals surface area contributed by atoms with Crippen molar-refractivity contribution in [3.8, 4) is 0 Å². The Balaban J connectivity index is 2.46. The Bertz CT molecular complexity index is 330. The van der Waals surface area contributed by atoms with Gasteiger partial charge in [0.25, 0.3) is 0 Å². The number of aliphatic hydroxyl groups excluding tert-OH is 1. The van der Waals surface area contributed by atoms with E-state index in [4.69, 9.17) is 0 Å². The smallest absolute Gasteiger partial charge is 0.0540 e. The van der Waals surface area contributed by atoms with Crippen LogP contribution < -0.4 is 0 Å². The van der Waals surface area contributed by atoms with Crippen LogP contribution in [-0.2, 0) is 12.8 Å². The Morgan fingerprint density at radius 3 is 2.33 bits per heavy atom. The monoisotopic (exact) mass is 248 g/mol. The topological polar surface area (TPSA) is 20.2 Å². The van der Waals surface area contributed by atoms with Crippen LogP contribution in [0.3, 0.4) is 0 Å². The quantitative estimate of drug-likeness (QED) is 0.724. The van der Waals surface area contributed by atoms with Crippen LogP contribution >= 0.6 is 0 Å². The number of rotatable bonds is 8. The molecule has 1 aromatic rings. The lowest BCUT2D eigenvalue weighted by atomic mass is 9.94. The molecular weight excluding hydrogens is 220 g/mol. The molecular formula is C17H28O. The van der Waals surface area contributed by atoms with Crippen molar-refractivity contribution in [2.75, 3.05) is 0 Å². The molecule has 18 heavy (non-hydrogen) atoms. The predicted molar refractivity (Wildman–Crippen MR) is 78.8 cm³/mol. The van der Waals surface area contributed by atoms with Gasteiger partial charge in [-0.05, 0) is 49.1 Å². The number of aryl methyl sites for hydroxylation is 1. The molecule has 1 aromatic carbocycles. The van der Waals surface area contributed by atoms with E-state index in [0.29, 0.717) is 5.92 Å². The average molecular weight is 248 g/mol. The van der Waals surface area contributed by atoms with Gasteiger partial charge in [-0.25, -0.2) is 0 Å². The third kappa shape index (κ3) is 5.68. The van der Waals surface area contributed by atoms with Gasteiger partial charge >= 0.3 is 0 Å². The van der Waals surface area contributed by atoms with Gasteiger partial charge in [-0.1, -0.05) is 51.5 Å². The summed E-state index contributed by atoms with van der Waals surface area (Å²) in [4.78, 5) is 0. The van der Waals surface area contributed by atoms with Gasteiger partial charge in [-0.15, -0.1) is 0 Å². The summed E-state index contributed by atoms with van der Waals surface area (Å²) in [6.07, 6.45) is 6.20. The summed E-state index contributed by atoms with van der Waals surface area (Å²) in [5.74, 6) is 0.705. The Morgan fingerprint density at radius 1 is 1.06 bits per heavy atom. The summed E-state index contributed by atoms with van der Waals surface area (Å²) >= 11 is 0. The molecule has 0 saturated carbocycles. The zero-order valence-electron chi connectivity index (χ0n) is 12.2. The van der Waals surface area contributed by atoms with Crippen molar-refractivity contribution >= 4 is 0 Å². The lowest BCUT2D eigenvalue weighted by Gasteiger charge is -2.13. The summed E-state index contributed by atoms with van der Waals surface area (Å²) in [6, 6.07) is 8.75. The van der Waals surface area contributed by atoms with Crippen LogP contribution in [-0.4, -0.2) is 11.2 Å². The Kier molecular flexibility index (Phi) is 7.04. The molecule has 0 heterocycles. The normalized spacial score (nSPS) is 12.9. The molecule has 0 saturated heterocycles. The standard InChI is InChI=1S/C17H28O/c1-4-8-17(18)12-7-11-15-9-5-6-10-16(15)13-14(2)3/h5-6,9-10,14,17-18H,4,7-8,11-13H2,1-3H3. The zero-order valence-corrected chi connectivity index (χ0v) is 12.2. The van der Waals surface area contributed by atoms with Crippen molar-refractivity contribution in [1.29, 1.82) is 0 Å². The second kappa shape index (κ2) is 8.31. The van der Waals surface area contributed by atoms with E-state index in [1.165, 1.54) is 11.1 Å². The summed E-state index contributed by atoms with van der Waals surface area (Å²) in [6.45, 7) is 6.66. The number of aliphatic hydroxyl groups is 1. The van der Waals surface area contributed by atoms with Gasteiger partial charge in [0.2, 0.25) is 0 Å². The van der Waals surface area contributed by atoms with Crippen LogP contribution in [0.1, 0.15) is 57.6 Å². The van der Waals surface area contributed by atoms with Gasteiger partial charge in [0.05, 0.1) is 6.10 Å². The highest BCUT2D eigenvalue weighted by atomic mass is 16.3. The van der Waals surface area contributed by atoms with Gasteiger partial charge in [-0.3, -0.25) is 0 Å². The van der Waals surface area contributed by atoms with Crippen LogP contribution in [0.4, 0.5) is 0 Å². The molecule has 0 amide bonds. The highest BCUT2D eigenvalue weighted by Crippen LogP contribution is 2.17.